The van der Waals surface area contributed by atoms with Crippen molar-refractivity contribution in [2.24, 2.45) is 5.73 Å². The molecule has 38 heavy (non-hydrogen) atoms. The van der Waals surface area contributed by atoms with Gasteiger partial charge in [-0.2, -0.15) is 5.26 Å². The summed E-state index contributed by atoms with van der Waals surface area (Å²) in [5.74, 6) is 1.75. The Balaban J connectivity index is 1.62. The van der Waals surface area contributed by atoms with E-state index in [0.717, 1.165) is 27.8 Å². The van der Waals surface area contributed by atoms with E-state index in [0.29, 0.717) is 41.4 Å². The molecule has 4 aliphatic heterocycles. The SMILES string of the molecule is COc1c(C)cc2c(c1O)[C@H]1C3Cc4c(OC(C)=O)c(C)c5c(c4[C@H](CN)N3[C@@H](C#N)[C@@H](C2)N1C)OCO5. The Morgan fingerprint density at radius 1 is 1.21 bits per heavy atom. The van der Waals surface area contributed by atoms with Crippen LogP contribution in [0, 0.1) is 25.2 Å². The molecule has 200 valence electrons. The molecule has 2 aromatic rings. The Hall–Kier alpha value is -3.52. The number of benzene rings is 2. The number of piperazine rings is 1. The molecule has 1 unspecified atom stereocenters. The average Bonchev–Trinajstić information content (AvgIpc) is 3.36. The third-order valence-corrected chi connectivity index (χ3v) is 8.73. The number of carbonyl (C=O) groups excluding carboxylic acids is 1. The number of ether oxygens (including phenoxy) is 4. The molecule has 0 aliphatic carbocycles. The highest BCUT2D eigenvalue weighted by Gasteiger charge is 2.56. The molecule has 0 saturated carbocycles. The van der Waals surface area contributed by atoms with Crippen LogP contribution in [-0.4, -0.2) is 66.5 Å². The number of phenols is 1. The molecule has 0 spiro atoms. The van der Waals surface area contributed by atoms with Crippen LogP contribution in [-0.2, 0) is 17.6 Å². The zero-order valence-corrected chi connectivity index (χ0v) is 22.2. The van der Waals surface area contributed by atoms with E-state index in [1.165, 1.54) is 6.92 Å². The molecule has 1 fully saturated rings. The molecular weight excluding hydrogens is 488 g/mol. The summed E-state index contributed by atoms with van der Waals surface area (Å²) in [7, 11) is 3.57. The Morgan fingerprint density at radius 3 is 2.61 bits per heavy atom. The second-order valence-corrected chi connectivity index (χ2v) is 10.6. The van der Waals surface area contributed by atoms with E-state index >= 15 is 0 Å². The lowest BCUT2D eigenvalue weighted by Crippen LogP contribution is -2.68. The minimum absolute atomic E-state index is 0.0585. The fraction of sp³-hybridized carbons (Fsp3) is 0.500. The molecule has 10 nitrogen and oxygen atoms in total. The minimum atomic E-state index is -0.461. The number of methoxy groups -OCH3 is 1. The monoisotopic (exact) mass is 520 g/mol. The van der Waals surface area contributed by atoms with Gasteiger partial charge in [0.05, 0.1) is 25.3 Å². The number of aromatic hydroxyl groups is 1. The van der Waals surface area contributed by atoms with Crippen molar-refractivity contribution >= 4 is 5.97 Å². The highest BCUT2D eigenvalue weighted by Crippen LogP contribution is 2.58. The number of phenolic OH excluding ortho intramolecular Hbond substituents is 1. The van der Waals surface area contributed by atoms with E-state index in [1.807, 2.05) is 20.9 Å². The number of hydrogen-bond acceptors (Lipinski definition) is 10. The van der Waals surface area contributed by atoms with Gasteiger partial charge in [0.1, 0.15) is 11.8 Å². The first-order chi connectivity index (χ1) is 18.2. The van der Waals surface area contributed by atoms with Crippen LogP contribution in [0.25, 0.3) is 0 Å². The van der Waals surface area contributed by atoms with Crippen LogP contribution < -0.4 is 24.7 Å². The van der Waals surface area contributed by atoms with Crippen molar-refractivity contribution in [1.29, 1.82) is 5.26 Å². The van der Waals surface area contributed by atoms with Gasteiger partial charge in [-0.15, -0.1) is 0 Å². The summed E-state index contributed by atoms with van der Waals surface area (Å²) in [4.78, 5) is 16.6. The topological polar surface area (TPSA) is 131 Å². The Morgan fingerprint density at radius 2 is 1.95 bits per heavy atom. The maximum absolute atomic E-state index is 12.2. The number of esters is 1. The number of carbonyl (C=O) groups is 1. The van der Waals surface area contributed by atoms with Gasteiger partial charge in [0.15, 0.2) is 23.0 Å². The number of hydrogen-bond donors (Lipinski definition) is 2. The van der Waals surface area contributed by atoms with Gasteiger partial charge in [-0.3, -0.25) is 14.6 Å². The van der Waals surface area contributed by atoms with Crippen molar-refractivity contribution < 1.29 is 28.8 Å². The molecule has 2 aromatic carbocycles. The molecular formula is C28H32N4O6. The van der Waals surface area contributed by atoms with Crippen LogP contribution in [0.5, 0.6) is 28.7 Å². The quantitative estimate of drug-likeness (QED) is 0.459. The molecule has 6 rings (SSSR count). The number of fused-ring (bicyclic) bond motifs is 9. The van der Waals surface area contributed by atoms with Gasteiger partial charge in [0, 0.05) is 47.8 Å². The third kappa shape index (κ3) is 3.19. The maximum Gasteiger partial charge on any atom is 0.308 e. The van der Waals surface area contributed by atoms with E-state index in [1.54, 1.807) is 7.11 Å². The highest BCUT2D eigenvalue weighted by molar-refractivity contribution is 5.74. The molecule has 2 bridgehead atoms. The summed E-state index contributed by atoms with van der Waals surface area (Å²) >= 11 is 0. The molecule has 4 aliphatic rings. The van der Waals surface area contributed by atoms with E-state index < -0.39 is 12.0 Å². The first-order valence-corrected chi connectivity index (χ1v) is 12.8. The number of likely N-dealkylation sites (N-methyl/N-ethyl adjacent to an activating group) is 1. The number of nitrogens with two attached hydrogens (primary N) is 1. The zero-order chi connectivity index (χ0) is 27.0. The molecule has 3 N–H and O–H groups in total. The molecule has 0 aromatic heterocycles. The normalized spacial score (nSPS) is 27.1. The van der Waals surface area contributed by atoms with Gasteiger partial charge < -0.3 is 29.8 Å². The van der Waals surface area contributed by atoms with Gasteiger partial charge in [-0.1, -0.05) is 6.07 Å². The van der Waals surface area contributed by atoms with Crippen molar-refractivity contribution in [1.82, 2.24) is 9.80 Å². The lowest BCUT2D eigenvalue weighted by molar-refractivity contribution is -0.132. The summed E-state index contributed by atoms with van der Waals surface area (Å²) in [6.07, 6.45) is 1.07. The predicted octanol–water partition coefficient (Wildman–Crippen LogP) is 2.40. The standard InChI is InChI=1S/C28H32N4O6/c1-12-6-15-7-17-19(9-29)32-18(23(31(17)4)21(15)24(34)25(12)35-5)8-16-22(20(32)10-30)28-27(36-11-37-28)13(2)26(16)38-14(3)33/h6,17-20,23,34H,7-8,10-11,30H2,1-5H3/t17-,18?,19+,20+,23-/m1/s1. The first-order valence-electron chi connectivity index (χ1n) is 12.8. The van der Waals surface area contributed by atoms with Crippen molar-refractivity contribution in [3.8, 4) is 34.8 Å². The van der Waals surface area contributed by atoms with Crippen LogP contribution in [0.3, 0.4) is 0 Å². The molecule has 4 heterocycles. The molecule has 1 saturated heterocycles. The number of aryl methyl sites for hydroxylation is 1. The van der Waals surface area contributed by atoms with Crippen molar-refractivity contribution in [3.63, 3.8) is 0 Å². The summed E-state index contributed by atoms with van der Waals surface area (Å²) < 4.78 is 23.1. The summed E-state index contributed by atoms with van der Waals surface area (Å²) in [6.45, 7) is 5.42. The molecule has 10 heteroatoms. The Kier molecular flexibility index (Phi) is 5.72. The summed E-state index contributed by atoms with van der Waals surface area (Å²) in [6, 6.07) is 3.20. The smallest absolute Gasteiger partial charge is 0.308 e. The number of nitriles is 1. The average molecular weight is 521 g/mol. The summed E-state index contributed by atoms with van der Waals surface area (Å²) in [5.41, 5.74) is 11.5. The van der Waals surface area contributed by atoms with Crippen molar-refractivity contribution in [3.05, 3.63) is 39.4 Å². The van der Waals surface area contributed by atoms with Crippen LogP contribution in [0.1, 0.15) is 52.4 Å². The van der Waals surface area contributed by atoms with Crippen LogP contribution in [0.4, 0.5) is 0 Å². The molecule has 5 atom stereocenters. The Labute approximate surface area is 221 Å². The lowest BCUT2D eigenvalue weighted by Gasteiger charge is -2.59. The van der Waals surface area contributed by atoms with Gasteiger partial charge in [-0.25, -0.2) is 0 Å². The predicted molar refractivity (Wildman–Crippen MR) is 137 cm³/mol. The van der Waals surface area contributed by atoms with E-state index in [4.69, 9.17) is 24.7 Å². The lowest BCUT2D eigenvalue weighted by atomic mass is 9.71. The van der Waals surface area contributed by atoms with E-state index in [9.17, 15) is 15.2 Å². The Bertz CT molecular complexity index is 1400. The minimum Gasteiger partial charge on any atom is -0.504 e. The molecule has 0 amide bonds. The van der Waals surface area contributed by atoms with Gasteiger partial charge >= 0.3 is 5.97 Å². The van der Waals surface area contributed by atoms with Gasteiger partial charge in [0.2, 0.25) is 6.79 Å². The van der Waals surface area contributed by atoms with Crippen molar-refractivity contribution in [2.75, 3.05) is 27.5 Å². The highest BCUT2D eigenvalue weighted by atomic mass is 16.7. The third-order valence-electron chi connectivity index (χ3n) is 8.73. The van der Waals surface area contributed by atoms with Gasteiger partial charge in [-0.05, 0) is 44.9 Å². The fourth-order valence-electron chi connectivity index (χ4n) is 7.34. The number of rotatable bonds is 3. The second-order valence-electron chi connectivity index (χ2n) is 10.6. The van der Waals surface area contributed by atoms with E-state index in [-0.39, 0.29) is 43.3 Å². The number of nitrogens with zero attached hydrogens (tertiary/aromatic N) is 3. The van der Waals surface area contributed by atoms with E-state index in [2.05, 4.69) is 21.9 Å². The van der Waals surface area contributed by atoms with Gasteiger partial charge in [0.25, 0.3) is 0 Å². The maximum atomic E-state index is 12.2. The zero-order valence-electron chi connectivity index (χ0n) is 22.2. The summed E-state index contributed by atoms with van der Waals surface area (Å²) in [5, 5.41) is 22.0. The van der Waals surface area contributed by atoms with Crippen LogP contribution >= 0.6 is 0 Å². The molecule has 0 radical (unpaired) electrons. The second kappa shape index (κ2) is 8.76. The largest absolute Gasteiger partial charge is 0.504 e. The van der Waals surface area contributed by atoms with Crippen LogP contribution in [0.2, 0.25) is 0 Å². The van der Waals surface area contributed by atoms with Crippen molar-refractivity contribution in [2.45, 2.75) is 63.8 Å². The first kappa shape index (κ1) is 24.8. The fourth-order valence-corrected chi connectivity index (χ4v) is 7.34. The van der Waals surface area contributed by atoms with Crippen LogP contribution in [0.15, 0.2) is 6.07 Å².